The van der Waals surface area contributed by atoms with Crippen LogP contribution in [-0.2, 0) is 20.9 Å². The van der Waals surface area contributed by atoms with E-state index in [1.807, 2.05) is 60.7 Å². The van der Waals surface area contributed by atoms with Crippen LogP contribution in [0.25, 0.3) is 0 Å². The number of alkyl carbamates (subject to hydrolysis) is 1. The molecule has 2 N–H and O–H groups in total. The normalized spacial score (nSPS) is 15.6. The molecule has 2 heterocycles. The first-order valence-electron chi connectivity index (χ1n) is 12.0. The minimum atomic E-state index is -0.985. The van der Waals surface area contributed by atoms with Gasteiger partial charge in [0.2, 0.25) is 11.8 Å². The Morgan fingerprint density at radius 1 is 1.11 bits per heavy atom. The molecule has 1 saturated heterocycles. The second-order valence-electron chi connectivity index (χ2n) is 8.73. The monoisotopic (exact) mass is 516 g/mol. The van der Waals surface area contributed by atoms with Crippen LogP contribution in [0.4, 0.5) is 4.79 Å². The number of amides is 3. The molecule has 3 amide bonds. The fourth-order valence-corrected chi connectivity index (χ4v) is 5.43. The second-order valence-corrected chi connectivity index (χ2v) is 9.73. The van der Waals surface area contributed by atoms with Gasteiger partial charge in [-0.15, -0.1) is 11.3 Å². The number of methoxy groups -OCH3 is 1. The molecule has 37 heavy (non-hydrogen) atoms. The highest BCUT2D eigenvalue weighted by Gasteiger charge is 2.41. The van der Waals surface area contributed by atoms with E-state index in [1.54, 1.807) is 16.3 Å². The zero-order chi connectivity index (χ0) is 26.2. The van der Waals surface area contributed by atoms with Crippen molar-refractivity contribution in [1.82, 2.24) is 15.5 Å². The van der Waals surface area contributed by atoms with E-state index in [0.29, 0.717) is 24.9 Å². The maximum absolute atomic E-state index is 14.1. The van der Waals surface area contributed by atoms with E-state index in [9.17, 15) is 14.4 Å². The lowest BCUT2D eigenvalue weighted by atomic mass is 9.84. The Hall–Kier alpha value is -4.16. The molecule has 0 aliphatic carbocycles. The third-order valence-corrected chi connectivity index (χ3v) is 7.37. The number of benzene rings is 2. The molecule has 1 aliphatic heterocycles. The van der Waals surface area contributed by atoms with E-state index in [1.165, 1.54) is 18.4 Å². The van der Waals surface area contributed by atoms with Crippen LogP contribution in [0, 0.1) is 11.3 Å². The van der Waals surface area contributed by atoms with Crippen LogP contribution >= 0.6 is 11.3 Å². The van der Waals surface area contributed by atoms with Crippen LogP contribution in [0.1, 0.15) is 40.3 Å². The van der Waals surface area contributed by atoms with Gasteiger partial charge in [-0.3, -0.25) is 9.59 Å². The number of hydrogen-bond acceptors (Lipinski definition) is 6. The number of thiophene rings is 1. The average Bonchev–Trinajstić information content (AvgIpc) is 3.62. The highest BCUT2D eigenvalue weighted by Crippen LogP contribution is 2.31. The Bertz CT molecular complexity index is 1230. The summed E-state index contributed by atoms with van der Waals surface area (Å²) >= 11 is 1.40. The van der Waals surface area contributed by atoms with E-state index >= 15 is 0 Å². The SMILES string of the molecule is COC(=O)N[C@@H](C(=O)N1CCC[C@H]1C(=O)NCc1cc(C#N)cs1)C(c1ccccc1)c1ccccc1. The number of nitrogens with zero attached hydrogens (tertiary/aromatic N) is 2. The molecule has 0 bridgehead atoms. The van der Waals surface area contributed by atoms with Gasteiger partial charge in [-0.1, -0.05) is 60.7 Å². The van der Waals surface area contributed by atoms with Crippen molar-refractivity contribution >= 4 is 29.2 Å². The minimum Gasteiger partial charge on any atom is -0.453 e. The van der Waals surface area contributed by atoms with Gasteiger partial charge in [-0.25, -0.2) is 4.79 Å². The molecule has 190 valence electrons. The van der Waals surface area contributed by atoms with Crippen LogP contribution in [0.15, 0.2) is 72.1 Å². The average molecular weight is 517 g/mol. The van der Waals surface area contributed by atoms with Crippen molar-refractivity contribution in [3.05, 3.63) is 93.7 Å². The summed E-state index contributed by atoms with van der Waals surface area (Å²) in [5.74, 6) is -1.09. The lowest BCUT2D eigenvalue weighted by Crippen LogP contribution is -2.55. The van der Waals surface area contributed by atoms with Gasteiger partial charge in [-0.05, 0) is 30.0 Å². The summed E-state index contributed by atoms with van der Waals surface area (Å²) in [5.41, 5.74) is 2.26. The maximum Gasteiger partial charge on any atom is 0.407 e. The zero-order valence-electron chi connectivity index (χ0n) is 20.4. The third kappa shape index (κ3) is 6.16. The van der Waals surface area contributed by atoms with Crippen molar-refractivity contribution in [1.29, 1.82) is 5.26 Å². The first kappa shape index (κ1) is 25.9. The van der Waals surface area contributed by atoms with Gasteiger partial charge in [0.25, 0.3) is 0 Å². The van der Waals surface area contributed by atoms with Crippen LogP contribution in [0.3, 0.4) is 0 Å². The van der Waals surface area contributed by atoms with Gasteiger partial charge >= 0.3 is 6.09 Å². The van der Waals surface area contributed by atoms with Crippen LogP contribution in [-0.4, -0.2) is 48.5 Å². The first-order chi connectivity index (χ1) is 18.0. The van der Waals surface area contributed by atoms with E-state index < -0.39 is 24.1 Å². The Morgan fingerprint density at radius 2 is 1.76 bits per heavy atom. The summed E-state index contributed by atoms with van der Waals surface area (Å²) in [6.45, 7) is 0.689. The number of nitriles is 1. The van der Waals surface area contributed by atoms with Gasteiger partial charge in [-0.2, -0.15) is 5.26 Å². The van der Waals surface area contributed by atoms with Gasteiger partial charge < -0.3 is 20.3 Å². The maximum atomic E-state index is 14.1. The summed E-state index contributed by atoms with van der Waals surface area (Å²) in [4.78, 5) is 42.0. The Kier molecular flexibility index (Phi) is 8.54. The van der Waals surface area contributed by atoms with E-state index in [4.69, 9.17) is 10.00 Å². The van der Waals surface area contributed by atoms with E-state index in [2.05, 4.69) is 16.7 Å². The van der Waals surface area contributed by atoms with Gasteiger partial charge in [0.15, 0.2) is 0 Å². The van der Waals surface area contributed by atoms with Crippen molar-refractivity contribution in [3.8, 4) is 6.07 Å². The number of nitrogens with one attached hydrogen (secondary N) is 2. The predicted octanol–water partition coefficient (Wildman–Crippen LogP) is 3.78. The van der Waals surface area contributed by atoms with Gasteiger partial charge in [0.05, 0.1) is 19.2 Å². The molecule has 1 aliphatic rings. The number of carbonyl (C=O) groups excluding carboxylic acids is 3. The molecule has 0 radical (unpaired) electrons. The molecule has 8 nitrogen and oxygen atoms in total. The van der Waals surface area contributed by atoms with Crippen molar-refractivity contribution in [2.75, 3.05) is 13.7 Å². The van der Waals surface area contributed by atoms with E-state index in [0.717, 1.165) is 16.0 Å². The topological polar surface area (TPSA) is 112 Å². The molecule has 3 aromatic rings. The quantitative estimate of drug-likeness (QED) is 0.473. The molecule has 9 heteroatoms. The molecular weight excluding hydrogens is 488 g/mol. The second kappa shape index (κ2) is 12.2. The molecule has 0 spiro atoms. The molecule has 0 unspecified atom stereocenters. The van der Waals surface area contributed by atoms with Crippen LogP contribution < -0.4 is 10.6 Å². The summed E-state index contributed by atoms with van der Waals surface area (Å²) < 4.78 is 4.87. The fraction of sp³-hybridized carbons (Fsp3) is 0.286. The molecule has 4 rings (SSSR count). The van der Waals surface area contributed by atoms with Gasteiger partial charge in [0.1, 0.15) is 18.2 Å². The highest BCUT2D eigenvalue weighted by molar-refractivity contribution is 7.10. The van der Waals surface area contributed by atoms with Crippen LogP contribution in [0.5, 0.6) is 0 Å². The van der Waals surface area contributed by atoms with Crippen molar-refractivity contribution in [3.63, 3.8) is 0 Å². The summed E-state index contributed by atoms with van der Waals surface area (Å²) in [6, 6.07) is 21.2. The van der Waals surface area contributed by atoms with Crippen molar-refractivity contribution in [2.24, 2.45) is 0 Å². The molecular formula is C28H28N4O4S. The number of rotatable bonds is 8. The fourth-order valence-electron chi connectivity index (χ4n) is 4.68. The molecule has 2 atom stereocenters. The smallest absolute Gasteiger partial charge is 0.407 e. The summed E-state index contributed by atoms with van der Waals surface area (Å²) in [5, 5.41) is 16.4. The molecule has 2 aromatic carbocycles. The highest BCUT2D eigenvalue weighted by atomic mass is 32.1. The zero-order valence-corrected chi connectivity index (χ0v) is 21.2. The third-order valence-electron chi connectivity index (χ3n) is 6.43. The predicted molar refractivity (Wildman–Crippen MR) is 140 cm³/mol. The van der Waals surface area contributed by atoms with Crippen molar-refractivity contribution in [2.45, 2.75) is 37.4 Å². The Morgan fingerprint density at radius 3 is 2.32 bits per heavy atom. The van der Waals surface area contributed by atoms with Crippen LogP contribution in [0.2, 0.25) is 0 Å². The lowest BCUT2D eigenvalue weighted by Gasteiger charge is -2.33. The molecule has 0 saturated carbocycles. The Balaban J connectivity index is 1.60. The summed E-state index contributed by atoms with van der Waals surface area (Å²) in [7, 11) is 1.26. The number of likely N-dealkylation sites (tertiary alicyclic amines) is 1. The summed E-state index contributed by atoms with van der Waals surface area (Å²) in [6.07, 6.45) is 0.479. The Labute approximate surface area is 219 Å². The lowest BCUT2D eigenvalue weighted by molar-refractivity contribution is -0.140. The van der Waals surface area contributed by atoms with Gasteiger partial charge in [0, 0.05) is 22.7 Å². The number of hydrogen-bond donors (Lipinski definition) is 2. The van der Waals surface area contributed by atoms with Crippen molar-refractivity contribution < 1.29 is 19.1 Å². The standard InChI is InChI=1S/C28H28N4O4S/c1-36-28(35)31-25(24(20-9-4-2-5-10-20)21-11-6-3-7-12-21)27(34)32-14-8-13-23(32)26(33)30-17-22-15-19(16-29)18-37-22/h2-7,9-12,15,18,23-25H,8,13-14,17H2,1H3,(H,30,33)(H,31,35)/t23-,25+/m0/s1. The minimum absolute atomic E-state index is 0.259. The number of ether oxygens (including phenoxy) is 1. The molecule has 1 fully saturated rings. The largest absolute Gasteiger partial charge is 0.453 e. The molecule has 1 aromatic heterocycles. The number of carbonyl (C=O) groups is 3. The van der Waals surface area contributed by atoms with E-state index in [-0.39, 0.29) is 18.4 Å². The first-order valence-corrected chi connectivity index (χ1v) is 12.9.